The highest BCUT2D eigenvalue weighted by atomic mass is 32.2. The van der Waals surface area contributed by atoms with E-state index in [0.29, 0.717) is 37.7 Å². The summed E-state index contributed by atoms with van der Waals surface area (Å²) in [7, 11) is -1.80. The van der Waals surface area contributed by atoms with Crippen LogP contribution in [0.5, 0.6) is 0 Å². The minimum atomic E-state index is -3.41. The molecule has 1 N–H and O–H groups in total. The van der Waals surface area contributed by atoms with Gasteiger partial charge in [0.05, 0.1) is 18.1 Å². The molecule has 0 heterocycles. The quantitative estimate of drug-likeness (QED) is 0.666. The summed E-state index contributed by atoms with van der Waals surface area (Å²) in [5, 5.41) is 0. The topological polar surface area (TPSA) is 64.6 Å². The predicted molar refractivity (Wildman–Crippen MR) is 78.3 cm³/mol. The highest BCUT2D eigenvalue weighted by molar-refractivity contribution is 7.89. The van der Waals surface area contributed by atoms with Gasteiger partial charge < -0.3 is 9.47 Å². The van der Waals surface area contributed by atoms with Crippen molar-refractivity contribution in [3.63, 3.8) is 0 Å². The van der Waals surface area contributed by atoms with Crippen molar-refractivity contribution in [2.45, 2.75) is 24.7 Å². The first kappa shape index (κ1) is 17.1. The van der Waals surface area contributed by atoms with Crippen molar-refractivity contribution in [3.8, 4) is 0 Å². The van der Waals surface area contributed by atoms with E-state index in [4.69, 9.17) is 9.47 Å². The van der Waals surface area contributed by atoms with Crippen LogP contribution < -0.4 is 4.72 Å². The summed E-state index contributed by atoms with van der Waals surface area (Å²) >= 11 is 0. The fourth-order valence-electron chi connectivity index (χ4n) is 1.61. The molecule has 0 aliphatic rings. The van der Waals surface area contributed by atoms with Crippen LogP contribution in [-0.2, 0) is 25.9 Å². The number of hydrogen-bond acceptors (Lipinski definition) is 4. The van der Waals surface area contributed by atoms with Crippen LogP contribution in [0.4, 0.5) is 0 Å². The van der Waals surface area contributed by atoms with Gasteiger partial charge in [-0.2, -0.15) is 0 Å². The molecule has 114 valence electrons. The fraction of sp³-hybridized carbons (Fsp3) is 0.571. The molecule has 0 unspecified atom stereocenters. The molecular formula is C14H23NO4S. The first-order valence-electron chi connectivity index (χ1n) is 6.75. The zero-order valence-electron chi connectivity index (χ0n) is 12.1. The second-order valence-electron chi connectivity index (χ2n) is 4.35. The van der Waals surface area contributed by atoms with E-state index in [2.05, 4.69) is 4.72 Å². The number of benzene rings is 1. The molecule has 0 saturated carbocycles. The number of ether oxygens (including phenoxy) is 2. The van der Waals surface area contributed by atoms with Crippen LogP contribution in [0.2, 0.25) is 0 Å². The van der Waals surface area contributed by atoms with Gasteiger partial charge in [-0.15, -0.1) is 0 Å². The Morgan fingerprint density at radius 2 is 1.80 bits per heavy atom. The van der Waals surface area contributed by atoms with Gasteiger partial charge in [-0.05, 0) is 30.5 Å². The van der Waals surface area contributed by atoms with Crippen LogP contribution in [0.15, 0.2) is 29.2 Å². The maximum absolute atomic E-state index is 12.0. The van der Waals surface area contributed by atoms with Crippen molar-refractivity contribution < 1.29 is 17.9 Å². The smallest absolute Gasteiger partial charge is 0.240 e. The van der Waals surface area contributed by atoms with Gasteiger partial charge in [0.2, 0.25) is 10.0 Å². The maximum atomic E-state index is 12.0. The van der Waals surface area contributed by atoms with Gasteiger partial charge in [0.1, 0.15) is 0 Å². The van der Waals surface area contributed by atoms with Gasteiger partial charge in [-0.1, -0.05) is 19.1 Å². The highest BCUT2D eigenvalue weighted by Gasteiger charge is 2.12. The Hall–Kier alpha value is -0.950. The Kier molecular flexibility index (Phi) is 7.76. The zero-order valence-corrected chi connectivity index (χ0v) is 12.9. The summed E-state index contributed by atoms with van der Waals surface area (Å²) in [5.74, 6) is 0. The molecule has 1 aromatic carbocycles. The van der Waals surface area contributed by atoms with E-state index < -0.39 is 10.0 Å². The van der Waals surface area contributed by atoms with Crippen molar-refractivity contribution in [2.75, 3.05) is 33.5 Å². The minimum absolute atomic E-state index is 0.301. The number of nitrogens with one attached hydrogen (secondary N) is 1. The Balaban J connectivity index is 2.33. The van der Waals surface area contributed by atoms with E-state index in [1.165, 1.54) is 0 Å². The number of rotatable bonds is 10. The average molecular weight is 301 g/mol. The molecule has 0 aromatic heterocycles. The monoisotopic (exact) mass is 301 g/mol. The van der Waals surface area contributed by atoms with Gasteiger partial charge in [0.25, 0.3) is 0 Å². The molecule has 6 heteroatoms. The lowest BCUT2D eigenvalue weighted by Crippen LogP contribution is -2.25. The third-order valence-corrected chi connectivity index (χ3v) is 4.31. The minimum Gasteiger partial charge on any atom is -0.382 e. The molecule has 0 radical (unpaired) electrons. The molecule has 1 aromatic rings. The normalized spacial score (nSPS) is 11.7. The first-order valence-corrected chi connectivity index (χ1v) is 8.23. The Morgan fingerprint density at radius 3 is 2.40 bits per heavy atom. The molecular weight excluding hydrogens is 278 g/mol. The SMILES string of the molecule is CCc1ccc(S(=O)(=O)NCCCOCCOC)cc1. The molecule has 1 rings (SSSR count). The lowest BCUT2D eigenvalue weighted by atomic mass is 10.2. The summed E-state index contributed by atoms with van der Waals surface area (Å²) in [6, 6.07) is 6.94. The molecule has 0 aliphatic heterocycles. The van der Waals surface area contributed by atoms with E-state index in [9.17, 15) is 8.42 Å². The molecule has 0 spiro atoms. The van der Waals surface area contributed by atoms with Gasteiger partial charge in [0.15, 0.2) is 0 Å². The number of aryl methyl sites for hydroxylation is 1. The summed E-state index contributed by atoms with van der Waals surface area (Å²) in [5.41, 5.74) is 1.12. The third kappa shape index (κ3) is 6.00. The second kappa shape index (κ2) is 9.07. The predicted octanol–water partition coefficient (Wildman–Crippen LogP) is 1.58. The van der Waals surface area contributed by atoms with E-state index in [1.54, 1.807) is 19.2 Å². The molecule has 0 saturated heterocycles. The summed E-state index contributed by atoms with van der Waals surface area (Å²) < 4.78 is 36.7. The van der Waals surface area contributed by atoms with Crippen molar-refractivity contribution in [2.24, 2.45) is 0 Å². The van der Waals surface area contributed by atoms with Gasteiger partial charge in [0, 0.05) is 20.3 Å². The number of methoxy groups -OCH3 is 1. The first-order chi connectivity index (χ1) is 9.60. The highest BCUT2D eigenvalue weighted by Crippen LogP contribution is 2.10. The standard InChI is InChI=1S/C14H23NO4S/c1-3-13-5-7-14(8-6-13)20(16,17)15-9-4-10-19-12-11-18-2/h5-8,15H,3-4,9-12H2,1-2H3. The van der Waals surface area contributed by atoms with Crippen LogP contribution in [0, 0.1) is 0 Å². The van der Waals surface area contributed by atoms with Gasteiger partial charge >= 0.3 is 0 Å². The van der Waals surface area contributed by atoms with Crippen molar-refractivity contribution in [1.82, 2.24) is 4.72 Å². The van der Waals surface area contributed by atoms with E-state index in [-0.39, 0.29) is 0 Å². The van der Waals surface area contributed by atoms with Crippen LogP contribution in [0.1, 0.15) is 18.9 Å². The molecule has 20 heavy (non-hydrogen) atoms. The fourth-order valence-corrected chi connectivity index (χ4v) is 2.69. The van der Waals surface area contributed by atoms with Crippen molar-refractivity contribution in [1.29, 1.82) is 0 Å². The Labute approximate surface area is 121 Å². The summed E-state index contributed by atoms with van der Waals surface area (Å²) in [4.78, 5) is 0.301. The summed E-state index contributed by atoms with van der Waals surface area (Å²) in [6.45, 7) is 3.99. The van der Waals surface area contributed by atoms with Crippen LogP contribution in [-0.4, -0.2) is 41.9 Å². The lowest BCUT2D eigenvalue weighted by molar-refractivity contribution is 0.0699. The van der Waals surface area contributed by atoms with Crippen LogP contribution in [0.3, 0.4) is 0 Å². The van der Waals surface area contributed by atoms with Gasteiger partial charge in [-0.25, -0.2) is 13.1 Å². The molecule has 0 atom stereocenters. The Bertz CT molecular complexity index is 470. The maximum Gasteiger partial charge on any atom is 0.240 e. The number of hydrogen-bond donors (Lipinski definition) is 1. The largest absolute Gasteiger partial charge is 0.382 e. The molecule has 0 bridgehead atoms. The van der Waals surface area contributed by atoms with Crippen LogP contribution in [0.25, 0.3) is 0 Å². The average Bonchev–Trinajstić information content (AvgIpc) is 2.46. The third-order valence-electron chi connectivity index (χ3n) is 2.83. The van der Waals surface area contributed by atoms with Gasteiger partial charge in [-0.3, -0.25) is 0 Å². The molecule has 0 fully saturated rings. The van der Waals surface area contributed by atoms with E-state index in [1.807, 2.05) is 19.1 Å². The zero-order chi connectivity index (χ0) is 14.8. The van der Waals surface area contributed by atoms with Crippen LogP contribution >= 0.6 is 0 Å². The van der Waals surface area contributed by atoms with Crippen molar-refractivity contribution >= 4 is 10.0 Å². The number of sulfonamides is 1. The molecule has 0 amide bonds. The summed E-state index contributed by atoms with van der Waals surface area (Å²) in [6.07, 6.45) is 1.53. The second-order valence-corrected chi connectivity index (χ2v) is 6.12. The Morgan fingerprint density at radius 1 is 1.10 bits per heavy atom. The van der Waals surface area contributed by atoms with E-state index >= 15 is 0 Å². The lowest BCUT2D eigenvalue weighted by Gasteiger charge is -2.08. The van der Waals surface area contributed by atoms with E-state index in [0.717, 1.165) is 12.0 Å². The van der Waals surface area contributed by atoms with Crippen molar-refractivity contribution in [3.05, 3.63) is 29.8 Å². The molecule has 5 nitrogen and oxygen atoms in total. The molecule has 0 aliphatic carbocycles.